The van der Waals surface area contributed by atoms with Crippen LogP contribution >= 0.6 is 0 Å². The van der Waals surface area contributed by atoms with Gasteiger partial charge in [-0.2, -0.15) is 0 Å². The van der Waals surface area contributed by atoms with E-state index < -0.39 is 11.1 Å². The van der Waals surface area contributed by atoms with E-state index in [4.69, 9.17) is 9.47 Å². The van der Waals surface area contributed by atoms with Gasteiger partial charge in [-0.05, 0) is 123 Å². The highest BCUT2D eigenvalue weighted by atomic mass is 16.5. The molecule has 0 spiro atoms. The number of benzene rings is 5. The number of anilines is 2. The van der Waals surface area contributed by atoms with Crippen LogP contribution in [0.1, 0.15) is 52.7 Å². The second-order valence-corrected chi connectivity index (χ2v) is 13.4. The van der Waals surface area contributed by atoms with Crippen LogP contribution in [0.25, 0.3) is 22.3 Å². The summed E-state index contributed by atoms with van der Waals surface area (Å²) in [6.07, 6.45) is 0. The molecule has 236 valence electrons. The summed E-state index contributed by atoms with van der Waals surface area (Å²) in [7, 11) is 0. The van der Waals surface area contributed by atoms with Crippen LogP contribution in [-0.4, -0.2) is 11.1 Å². The van der Waals surface area contributed by atoms with Gasteiger partial charge in [0.05, 0.1) is 22.5 Å². The molecule has 5 aromatic rings. The van der Waals surface area contributed by atoms with E-state index in [2.05, 4.69) is 12.1 Å². The molecule has 2 radical (unpaired) electrons. The molecule has 6 nitrogen and oxygen atoms in total. The third-order valence-electron chi connectivity index (χ3n) is 7.70. The zero-order valence-electron chi connectivity index (χ0n) is 27.5. The van der Waals surface area contributed by atoms with Crippen molar-refractivity contribution in [1.82, 2.24) is 0 Å². The quantitative estimate of drug-likeness (QED) is 0.147. The molecule has 0 N–H and O–H groups in total. The first kappa shape index (κ1) is 32.6. The largest absolute Gasteiger partial charge is 0.489 e. The predicted octanol–water partition coefficient (Wildman–Crippen LogP) is 10.1. The van der Waals surface area contributed by atoms with Gasteiger partial charge in [-0.25, -0.2) is 10.1 Å². The molecule has 0 aliphatic rings. The monoisotopic (exact) mass is 614 g/mol. The number of hydrogen-bond donors (Lipinski definition) is 0. The van der Waals surface area contributed by atoms with E-state index in [1.54, 1.807) is 0 Å². The van der Waals surface area contributed by atoms with Crippen molar-refractivity contribution in [3.63, 3.8) is 0 Å². The lowest BCUT2D eigenvalue weighted by molar-refractivity contribution is 0.102. The normalized spacial score (nSPS) is 11.7. The molecule has 6 heteroatoms. The van der Waals surface area contributed by atoms with Crippen LogP contribution in [0.15, 0.2) is 121 Å². The first-order chi connectivity index (χ1) is 21.9. The van der Waals surface area contributed by atoms with Crippen LogP contribution in [0, 0.1) is 0 Å². The summed E-state index contributed by atoms with van der Waals surface area (Å²) in [5.41, 5.74) is 6.62. The molecule has 0 aromatic heterocycles. The van der Waals surface area contributed by atoms with Crippen LogP contribution < -0.4 is 19.6 Å². The molecule has 0 saturated carbocycles. The fraction of sp³-hybridized carbons (Fsp3) is 0.250. The van der Waals surface area contributed by atoms with Gasteiger partial charge in [0, 0.05) is 0 Å². The van der Waals surface area contributed by atoms with E-state index in [0.29, 0.717) is 24.6 Å². The Balaban J connectivity index is 1.16. The van der Waals surface area contributed by atoms with Crippen molar-refractivity contribution in [1.29, 1.82) is 0 Å². The Bertz CT molecular complexity index is 1570. The molecule has 0 amide bonds. The minimum atomic E-state index is -0.485. The summed E-state index contributed by atoms with van der Waals surface area (Å²) in [5, 5.41) is 27.0. The zero-order valence-corrected chi connectivity index (χ0v) is 27.5. The van der Waals surface area contributed by atoms with Gasteiger partial charge in [-0.1, -0.05) is 83.2 Å². The van der Waals surface area contributed by atoms with Crippen molar-refractivity contribution in [2.75, 3.05) is 10.1 Å². The number of nitrogens with zero attached hydrogens (tertiary/aromatic N) is 2. The molecule has 5 aromatic carbocycles. The summed E-state index contributed by atoms with van der Waals surface area (Å²) >= 11 is 0. The van der Waals surface area contributed by atoms with Crippen molar-refractivity contribution < 1.29 is 19.9 Å². The highest BCUT2D eigenvalue weighted by Gasteiger charge is 2.22. The van der Waals surface area contributed by atoms with Crippen molar-refractivity contribution >= 4 is 11.4 Å². The van der Waals surface area contributed by atoms with Gasteiger partial charge in [0.2, 0.25) is 0 Å². The highest BCUT2D eigenvalue weighted by Crippen LogP contribution is 2.30. The number of hydrogen-bond acceptors (Lipinski definition) is 4. The smallest absolute Gasteiger partial charge is 0.119 e. The van der Waals surface area contributed by atoms with Gasteiger partial charge < -0.3 is 9.47 Å². The van der Waals surface area contributed by atoms with Gasteiger partial charge in [0.1, 0.15) is 24.7 Å². The number of ether oxygens (including phenoxy) is 2. The van der Waals surface area contributed by atoms with Crippen molar-refractivity contribution in [3.8, 4) is 33.8 Å². The number of hydroxylamine groups is 2. The Morgan fingerprint density at radius 2 is 0.717 bits per heavy atom. The van der Waals surface area contributed by atoms with Crippen LogP contribution in [-0.2, 0) is 23.6 Å². The average Bonchev–Trinajstić information content (AvgIpc) is 3.06. The molecule has 5 rings (SSSR count). The van der Waals surface area contributed by atoms with E-state index in [9.17, 15) is 10.4 Å². The van der Waals surface area contributed by atoms with Crippen LogP contribution in [0.3, 0.4) is 0 Å². The summed E-state index contributed by atoms with van der Waals surface area (Å²) in [6.45, 7) is 12.2. The average molecular weight is 615 g/mol. The summed E-state index contributed by atoms with van der Waals surface area (Å²) < 4.78 is 12.3. The SMILES string of the molecule is CC(C)(C)N([O])c1ccc(-c2ccc(OCc3ccccc3COc3ccc(-c4ccc(N([O])C(C)(C)C)cc4)cc3)cc2)cc1. The highest BCUT2D eigenvalue weighted by molar-refractivity contribution is 5.68. The molecule has 0 unspecified atom stereocenters. The fourth-order valence-electron chi connectivity index (χ4n) is 5.00. The maximum Gasteiger partial charge on any atom is 0.119 e. The van der Waals surface area contributed by atoms with E-state index >= 15 is 0 Å². The predicted molar refractivity (Wildman–Crippen MR) is 185 cm³/mol. The molecule has 0 heterocycles. The van der Waals surface area contributed by atoms with E-state index in [-0.39, 0.29) is 0 Å². The molecule has 0 fully saturated rings. The third kappa shape index (κ3) is 8.08. The summed E-state index contributed by atoms with van der Waals surface area (Å²) in [5.74, 6) is 1.55. The lowest BCUT2D eigenvalue weighted by Crippen LogP contribution is -2.37. The molecular formula is C40H42N2O4. The molecule has 0 aliphatic carbocycles. The van der Waals surface area contributed by atoms with Crippen LogP contribution in [0.2, 0.25) is 0 Å². The Hall–Kier alpha value is -4.78. The van der Waals surface area contributed by atoms with Gasteiger partial charge in [0.25, 0.3) is 0 Å². The molecule has 0 aliphatic heterocycles. The zero-order chi connectivity index (χ0) is 32.9. The van der Waals surface area contributed by atoms with E-state index in [0.717, 1.165) is 55.0 Å². The second-order valence-electron chi connectivity index (χ2n) is 13.4. The minimum absolute atomic E-state index is 0.421. The standard InChI is InChI=1S/C40H42N2O4/c1-39(2,3)41(43)35-19-11-29(12-20-35)31-15-23-37(24-16-31)45-27-33-9-7-8-10-34(33)28-46-38-25-17-32(18-26-38)30-13-21-36(22-14-30)42(44)40(4,5)6/h7-26H,27-28H2,1-6H3. The maximum atomic E-state index is 12.5. The van der Waals surface area contributed by atoms with Crippen molar-refractivity contribution in [2.24, 2.45) is 0 Å². The van der Waals surface area contributed by atoms with Gasteiger partial charge in [-0.3, -0.25) is 0 Å². The molecule has 0 saturated heterocycles. The van der Waals surface area contributed by atoms with Gasteiger partial charge in [-0.15, -0.1) is 0 Å². The number of rotatable bonds is 10. The first-order valence-electron chi connectivity index (χ1n) is 15.6. The second kappa shape index (κ2) is 13.7. The Labute approximate surface area is 273 Å². The molecule has 0 atom stereocenters. The van der Waals surface area contributed by atoms with Gasteiger partial charge in [0.15, 0.2) is 0 Å². The Morgan fingerprint density at radius 3 is 1.00 bits per heavy atom. The van der Waals surface area contributed by atoms with E-state index in [1.807, 2.05) is 151 Å². The van der Waals surface area contributed by atoms with Crippen LogP contribution in [0.4, 0.5) is 11.4 Å². The first-order valence-corrected chi connectivity index (χ1v) is 15.6. The Kier molecular flexibility index (Phi) is 9.71. The van der Waals surface area contributed by atoms with Crippen LogP contribution in [0.5, 0.6) is 11.5 Å². The lowest BCUT2D eigenvalue weighted by Gasteiger charge is -2.28. The molecule has 0 bridgehead atoms. The topological polar surface area (TPSA) is 64.7 Å². The minimum Gasteiger partial charge on any atom is -0.489 e. The third-order valence-corrected chi connectivity index (χ3v) is 7.70. The fourth-order valence-corrected chi connectivity index (χ4v) is 5.00. The Morgan fingerprint density at radius 1 is 0.435 bits per heavy atom. The lowest BCUT2D eigenvalue weighted by atomic mass is 10.0. The maximum absolute atomic E-state index is 12.5. The molecular weight excluding hydrogens is 572 g/mol. The summed E-state index contributed by atoms with van der Waals surface area (Å²) in [4.78, 5) is 0. The summed E-state index contributed by atoms with van der Waals surface area (Å²) in [6, 6.07) is 39.4. The van der Waals surface area contributed by atoms with Gasteiger partial charge >= 0.3 is 0 Å². The molecule has 46 heavy (non-hydrogen) atoms. The van der Waals surface area contributed by atoms with Crippen molar-refractivity contribution in [2.45, 2.75) is 65.8 Å². The van der Waals surface area contributed by atoms with Crippen molar-refractivity contribution in [3.05, 3.63) is 132 Å². The van der Waals surface area contributed by atoms with E-state index in [1.165, 1.54) is 0 Å².